The van der Waals surface area contributed by atoms with Crippen LogP contribution in [0.2, 0.25) is 0 Å². The van der Waals surface area contributed by atoms with E-state index >= 15 is 0 Å². The van der Waals surface area contributed by atoms with Gasteiger partial charge in [0.15, 0.2) is 5.82 Å². The van der Waals surface area contributed by atoms with Gasteiger partial charge in [0.05, 0.1) is 6.20 Å². The van der Waals surface area contributed by atoms with Crippen molar-refractivity contribution in [1.82, 2.24) is 15.3 Å². The van der Waals surface area contributed by atoms with Gasteiger partial charge in [-0.15, -0.1) is 0 Å². The molecule has 146 valence electrons. The van der Waals surface area contributed by atoms with Crippen molar-refractivity contribution in [3.8, 4) is 6.07 Å². The average Bonchev–Trinajstić information content (AvgIpc) is 3.22. The van der Waals surface area contributed by atoms with Crippen LogP contribution in [0.5, 0.6) is 0 Å². The van der Waals surface area contributed by atoms with Crippen molar-refractivity contribution in [1.29, 1.82) is 5.26 Å². The Morgan fingerprint density at radius 1 is 1.36 bits per heavy atom. The highest BCUT2D eigenvalue weighted by Gasteiger charge is 2.19. The third kappa shape index (κ3) is 4.49. The molecule has 1 aromatic carbocycles. The van der Waals surface area contributed by atoms with E-state index in [1.54, 1.807) is 0 Å². The number of amides is 1. The Kier molecular flexibility index (Phi) is 6.62. The summed E-state index contributed by atoms with van der Waals surface area (Å²) in [6, 6.07) is 8.31. The lowest BCUT2D eigenvalue weighted by Crippen LogP contribution is -2.26. The zero-order valence-corrected chi connectivity index (χ0v) is 16.5. The van der Waals surface area contributed by atoms with Gasteiger partial charge in [-0.1, -0.05) is 26.0 Å². The number of benzene rings is 1. The summed E-state index contributed by atoms with van der Waals surface area (Å²) < 4.78 is 0. The van der Waals surface area contributed by atoms with E-state index in [1.807, 2.05) is 12.1 Å². The molecule has 1 aromatic heterocycles. The van der Waals surface area contributed by atoms with Crippen molar-refractivity contribution < 1.29 is 4.79 Å². The molecule has 0 radical (unpaired) electrons. The van der Waals surface area contributed by atoms with Crippen LogP contribution in [-0.2, 0) is 0 Å². The number of piperidine rings is 1. The molecule has 0 atom stereocenters. The lowest BCUT2D eigenvalue weighted by atomic mass is 9.87. The molecule has 28 heavy (non-hydrogen) atoms. The van der Waals surface area contributed by atoms with E-state index in [-0.39, 0.29) is 17.4 Å². The van der Waals surface area contributed by atoms with E-state index < -0.39 is 0 Å². The van der Waals surface area contributed by atoms with Crippen LogP contribution in [0.3, 0.4) is 0 Å². The Morgan fingerprint density at radius 2 is 2.14 bits per heavy atom. The van der Waals surface area contributed by atoms with Crippen molar-refractivity contribution >= 4 is 17.2 Å². The molecule has 1 aliphatic heterocycles. The smallest absolute Gasteiger partial charge is 0.291 e. The van der Waals surface area contributed by atoms with Gasteiger partial charge in [-0.05, 0) is 68.0 Å². The van der Waals surface area contributed by atoms with Crippen LogP contribution in [0, 0.1) is 11.3 Å². The summed E-state index contributed by atoms with van der Waals surface area (Å²) in [5.41, 5.74) is 4.67. The van der Waals surface area contributed by atoms with Gasteiger partial charge < -0.3 is 15.6 Å². The zero-order valence-electron chi connectivity index (χ0n) is 16.5. The molecule has 1 aliphatic rings. The highest BCUT2D eigenvalue weighted by Crippen LogP contribution is 2.33. The number of aromatic nitrogens is 2. The van der Waals surface area contributed by atoms with Gasteiger partial charge >= 0.3 is 0 Å². The molecule has 6 nitrogen and oxygen atoms in total. The van der Waals surface area contributed by atoms with Crippen molar-refractivity contribution in [2.24, 2.45) is 0 Å². The average molecular weight is 377 g/mol. The van der Waals surface area contributed by atoms with Gasteiger partial charge in [-0.25, -0.2) is 4.98 Å². The minimum Gasteiger partial charge on any atom is -0.326 e. The molecule has 1 fully saturated rings. The van der Waals surface area contributed by atoms with Crippen LogP contribution in [0.1, 0.15) is 72.9 Å². The summed E-state index contributed by atoms with van der Waals surface area (Å²) in [6.45, 7) is 6.35. The van der Waals surface area contributed by atoms with Crippen LogP contribution >= 0.6 is 0 Å². The second-order valence-corrected chi connectivity index (χ2v) is 7.03. The third-order valence-electron chi connectivity index (χ3n) is 5.19. The zero-order chi connectivity index (χ0) is 19.9. The SMILES string of the molecule is CC/C=C(\CC)c1cc(C2CCNCC2)ccc1NC(=O)c1ncc(C#N)[nH]1. The molecule has 0 bridgehead atoms. The quantitative estimate of drug-likeness (QED) is 0.703. The Hall–Kier alpha value is -2.91. The van der Waals surface area contributed by atoms with Gasteiger partial charge in [0, 0.05) is 11.3 Å². The van der Waals surface area contributed by atoms with Crippen molar-refractivity contribution in [2.45, 2.75) is 45.4 Å². The summed E-state index contributed by atoms with van der Waals surface area (Å²) in [5, 5.41) is 15.3. The highest BCUT2D eigenvalue weighted by molar-refractivity contribution is 6.03. The largest absolute Gasteiger partial charge is 0.326 e. The molecule has 0 aliphatic carbocycles. The van der Waals surface area contributed by atoms with Crippen LogP contribution in [0.15, 0.2) is 30.5 Å². The van der Waals surface area contributed by atoms with E-state index in [0.29, 0.717) is 5.92 Å². The standard InChI is InChI=1S/C22H27N5O/c1-3-5-15(4-2)19-12-17(16-8-10-24-11-9-16)6-7-20(19)27-22(28)21-25-14-18(13-23)26-21/h5-7,12,14,16,24H,3-4,8-11H2,1-2H3,(H,25,26)(H,27,28)/b15-5+. The number of hydrogen-bond donors (Lipinski definition) is 3. The minimum atomic E-state index is -0.343. The monoisotopic (exact) mass is 377 g/mol. The summed E-state index contributed by atoms with van der Waals surface area (Å²) >= 11 is 0. The number of anilines is 1. The van der Waals surface area contributed by atoms with Crippen molar-refractivity contribution in [2.75, 3.05) is 18.4 Å². The molecular weight excluding hydrogens is 350 g/mol. The second-order valence-electron chi connectivity index (χ2n) is 7.03. The number of allylic oxidation sites excluding steroid dienone is 2. The third-order valence-corrected chi connectivity index (χ3v) is 5.19. The van der Waals surface area contributed by atoms with Gasteiger partial charge in [0.25, 0.3) is 5.91 Å². The number of imidazole rings is 1. The lowest BCUT2D eigenvalue weighted by Gasteiger charge is -2.24. The van der Waals surface area contributed by atoms with E-state index in [0.717, 1.165) is 50.0 Å². The second kappa shape index (κ2) is 9.34. The van der Waals surface area contributed by atoms with Crippen LogP contribution in [-0.4, -0.2) is 29.0 Å². The topological polar surface area (TPSA) is 93.6 Å². The van der Waals surface area contributed by atoms with E-state index in [4.69, 9.17) is 5.26 Å². The highest BCUT2D eigenvalue weighted by atomic mass is 16.2. The molecule has 0 unspecified atom stereocenters. The molecule has 3 N–H and O–H groups in total. The fourth-order valence-corrected chi connectivity index (χ4v) is 3.71. The molecular formula is C22H27N5O. The van der Waals surface area contributed by atoms with E-state index in [9.17, 15) is 4.79 Å². The van der Waals surface area contributed by atoms with Gasteiger partial charge in [-0.3, -0.25) is 4.79 Å². The Morgan fingerprint density at radius 3 is 2.79 bits per heavy atom. The molecule has 6 heteroatoms. The van der Waals surface area contributed by atoms with Gasteiger partial charge in [-0.2, -0.15) is 5.26 Å². The van der Waals surface area contributed by atoms with Crippen LogP contribution < -0.4 is 10.6 Å². The maximum Gasteiger partial charge on any atom is 0.291 e. The van der Waals surface area contributed by atoms with Crippen LogP contribution in [0.25, 0.3) is 5.57 Å². The lowest BCUT2D eigenvalue weighted by molar-refractivity contribution is 0.101. The normalized spacial score (nSPS) is 15.2. The van der Waals surface area contributed by atoms with E-state index in [2.05, 4.69) is 52.7 Å². The van der Waals surface area contributed by atoms with Crippen molar-refractivity contribution in [3.63, 3.8) is 0 Å². The summed E-state index contributed by atoms with van der Waals surface area (Å²) in [7, 11) is 0. The molecule has 2 aromatic rings. The fourth-order valence-electron chi connectivity index (χ4n) is 3.71. The first-order chi connectivity index (χ1) is 13.7. The van der Waals surface area contributed by atoms with Gasteiger partial charge in [0.1, 0.15) is 11.8 Å². The number of hydrogen-bond acceptors (Lipinski definition) is 4. The van der Waals surface area contributed by atoms with Crippen LogP contribution in [0.4, 0.5) is 5.69 Å². The van der Waals surface area contributed by atoms with E-state index in [1.165, 1.54) is 17.3 Å². The number of nitriles is 1. The molecule has 1 saturated heterocycles. The first-order valence-corrected chi connectivity index (χ1v) is 9.96. The molecule has 0 saturated carbocycles. The number of nitrogens with one attached hydrogen (secondary N) is 3. The van der Waals surface area contributed by atoms with Gasteiger partial charge in [0.2, 0.25) is 0 Å². The Labute approximate surface area is 166 Å². The minimum absolute atomic E-state index is 0.141. The maximum absolute atomic E-state index is 12.6. The first-order valence-electron chi connectivity index (χ1n) is 9.96. The first kappa shape index (κ1) is 19.8. The molecule has 3 rings (SSSR count). The predicted octanol–water partition coefficient (Wildman–Crippen LogP) is 4.20. The fraction of sp³-hybridized carbons (Fsp3) is 0.409. The molecule has 0 spiro atoms. The molecule has 1 amide bonds. The predicted molar refractivity (Wildman–Crippen MR) is 111 cm³/mol. The Balaban J connectivity index is 1.93. The number of nitrogens with zero attached hydrogens (tertiary/aromatic N) is 2. The Bertz CT molecular complexity index is 900. The molecule has 2 heterocycles. The summed E-state index contributed by atoms with van der Waals surface area (Å²) in [4.78, 5) is 19.3. The maximum atomic E-state index is 12.6. The number of H-pyrrole nitrogens is 1. The number of carbonyl (C=O) groups is 1. The summed E-state index contributed by atoms with van der Waals surface area (Å²) in [6.07, 6.45) is 7.69. The number of rotatable bonds is 6. The van der Waals surface area contributed by atoms with Crippen molar-refractivity contribution in [3.05, 3.63) is 53.1 Å². The number of carbonyl (C=O) groups excluding carboxylic acids is 1. The summed E-state index contributed by atoms with van der Waals surface area (Å²) in [5.74, 6) is 0.347. The number of aromatic amines is 1.